The number of carbonyl (C=O) groups excluding carboxylic acids is 1. The van der Waals surface area contributed by atoms with E-state index < -0.39 is 0 Å². The van der Waals surface area contributed by atoms with Crippen LogP contribution in [0.25, 0.3) is 27.8 Å². The van der Waals surface area contributed by atoms with Crippen LogP contribution in [0.3, 0.4) is 0 Å². The fourth-order valence-corrected chi connectivity index (χ4v) is 4.35. The second-order valence-electron chi connectivity index (χ2n) is 6.08. The quantitative estimate of drug-likeness (QED) is 0.402. The van der Waals surface area contributed by atoms with Crippen LogP contribution in [0.5, 0.6) is 5.88 Å². The van der Waals surface area contributed by atoms with Crippen molar-refractivity contribution in [3.63, 3.8) is 0 Å². The number of halogens is 1. The Morgan fingerprint density at radius 2 is 2.04 bits per heavy atom. The molecule has 3 heterocycles. The van der Waals surface area contributed by atoms with E-state index in [-0.39, 0.29) is 5.97 Å². The number of esters is 1. The number of rotatable bonds is 4. The number of pyridine rings is 1. The molecule has 0 radical (unpaired) electrons. The summed E-state index contributed by atoms with van der Waals surface area (Å²) in [6.45, 7) is 2.05. The highest BCUT2D eigenvalue weighted by molar-refractivity contribution is 9.10. The van der Waals surface area contributed by atoms with Gasteiger partial charge in [-0.1, -0.05) is 24.3 Å². The van der Waals surface area contributed by atoms with Crippen LogP contribution >= 0.6 is 27.3 Å². The zero-order chi connectivity index (χ0) is 19.8. The average Bonchev–Trinajstić information content (AvgIpc) is 3.34. The van der Waals surface area contributed by atoms with E-state index in [2.05, 4.69) is 20.9 Å². The van der Waals surface area contributed by atoms with Crippen LogP contribution in [-0.2, 0) is 4.74 Å². The van der Waals surface area contributed by atoms with Gasteiger partial charge in [-0.25, -0.2) is 14.5 Å². The summed E-state index contributed by atoms with van der Waals surface area (Å²) >= 11 is 4.92. The Balaban J connectivity index is 2.04. The van der Waals surface area contributed by atoms with Gasteiger partial charge in [0.2, 0.25) is 5.88 Å². The van der Waals surface area contributed by atoms with Gasteiger partial charge in [0, 0.05) is 27.0 Å². The fraction of sp³-hybridized carbons (Fsp3) is 0.150. The van der Waals surface area contributed by atoms with E-state index in [1.165, 1.54) is 18.4 Å². The number of aryl methyl sites for hydroxylation is 1. The van der Waals surface area contributed by atoms with Crippen molar-refractivity contribution in [2.45, 2.75) is 6.92 Å². The summed E-state index contributed by atoms with van der Waals surface area (Å²) in [4.78, 5) is 16.8. The van der Waals surface area contributed by atoms with Crippen LogP contribution < -0.4 is 4.74 Å². The van der Waals surface area contributed by atoms with Crippen LogP contribution in [0.2, 0.25) is 0 Å². The average molecular weight is 458 g/mol. The van der Waals surface area contributed by atoms with Crippen LogP contribution in [0.1, 0.15) is 15.2 Å². The van der Waals surface area contributed by atoms with Gasteiger partial charge in [0.25, 0.3) is 0 Å². The number of hydrogen-bond acceptors (Lipinski definition) is 6. The van der Waals surface area contributed by atoms with Crippen molar-refractivity contribution in [3.8, 4) is 22.8 Å². The third kappa shape index (κ3) is 2.98. The highest BCUT2D eigenvalue weighted by Gasteiger charge is 2.23. The molecule has 4 aromatic rings. The second-order valence-corrected chi connectivity index (χ2v) is 7.84. The molecule has 0 atom stereocenters. The zero-order valence-electron chi connectivity index (χ0n) is 15.4. The number of methoxy groups -OCH3 is 2. The van der Waals surface area contributed by atoms with Gasteiger partial charge in [0.05, 0.1) is 19.9 Å². The van der Waals surface area contributed by atoms with Gasteiger partial charge in [0.15, 0.2) is 0 Å². The first kappa shape index (κ1) is 18.6. The summed E-state index contributed by atoms with van der Waals surface area (Å²) in [6.07, 6.45) is 1.71. The smallest absolute Gasteiger partial charge is 0.348 e. The Bertz CT molecular complexity index is 1200. The molecule has 6 nitrogen and oxygen atoms in total. The summed E-state index contributed by atoms with van der Waals surface area (Å²) in [5, 5.41) is 7.64. The highest BCUT2D eigenvalue weighted by Crippen LogP contribution is 2.39. The number of thiophene rings is 1. The van der Waals surface area contributed by atoms with Crippen molar-refractivity contribution in [2.75, 3.05) is 14.2 Å². The van der Waals surface area contributed by atoms with E-state index in [1.807, 2.05) is 36.6 Å². The molecular weight excluding hydrogens is 442 g/mol. The molecular formula is C20H16BrN3O3S. The maximum absolute atomic E-state index is 11.9. The first-order valence-electron chi connectivity index (χ1n) is 8.39. The Morgan fingerprint density at radius 3 is 2.75 bits per heavy atom. The van der Waals surface area contributed by atoms with E-state index >= 15 is 0 Å². The molecule has 0 aliphatic heterocycles. The number of fused-ring (bicyclic) bond motifs is 1. The van der Waals surface area contributed by atoms with E-state index in [0.717, 1.165) is 37.9 Å². The lowest BCUT2D eigenvalue weighted by Crippen LogP contribution is -2.00. The molecule has 0 N–H and O–H groups in total. The number of benzene rings is 1. The van der Waals surface area contributed by atoms with Gasteiger partial charge < -0.3 is 9.47 Å². The van der Waals surface area contributed by atoms with E-state index in [1.54, 1.807) is 24.1 Å². The van der Waals surface area contributed by atoms with Crippen LogP contribution in [-0.4, -0.2) is 35.0 Å². The van der Waals surface area contributed by atoms with Gasteiger partial charge in [-0.3, -0.25) is 0 Å². The van der Waals surface area contributed by atoms with Crippen molar-refractivity contribution >= 4 is 44.1 Å². The molecule has 0 amide bonds. The third-order valence-electron chi connectivity index (χ3n) is 4.43. The van der Waals surface area contributed by atoms with Crippen LogP contribution in [0.15, 0.2) is 46.4 Å². The first-order valence-corrected chi connectivity index (χ1v) is 10.1. The monoisotopic (exact) mass is 457 g/mol. The molecule has 0 aliphatic rings. The van der Waals surface area contributed by atoms with Gasteiger partial charge in [-0.2, -0.15) is 5.10 Å². The number of hydrogen-bond donors (Lipinski definition) is 0. The summed E-state index contributed by atoms with van der Waals surface area (Å²) in [5.74, 6) is 0.0782. The minimum Gasteiger partial charge on any atom is -0.479 e. The number of ether oxygens (including phenoxy) is 2. The minimum absolute atomic E-state index is 0.377. The molecule has 0 saturated heterocycles. The van der Waals surface area contributed by atoms with Crippen molar-refractivity contribution < 1.29 is 14.3 Å². The molecule has 0 spiro atoms. The summed E-state index contributed by atoms with van der Waals surface area (Å²) in [7, 11) is 2.94. The van der Waals surface area contributed by atoms with Crippen molar-refractivity contribution in [3.05, 3.63) is 56.8 Å². The minimum atomic E-state index is -0.377. The van der Waals surface area contributed by atoms with Crippen LogP contribution in [0.4, 0.5) is 0 Å². The zero-order valence-corrected chi connectivity index (χ0v) is 17.8. The third-order valence-corrected chi connectivity index (χ3v) is 5.93. The van der Waals surface area contributed by atoms with Crippen molar-refractivity contribution in [2.24, 2.45) is 0 Å². The van der Waals surface area contributed by atoms with Gasteiger partial charge in [-0.15, -0.1) is 11.3 Å². The molecule has 4 rings (SSSR count). The van der Waals surface area contributed by atoms with Gasteiger partial charge in [-0.05, 0) is 34.5 Å². The van der Waals surface area contributed by atoms with Gasteiger partial charge in [0.1, 0.15) is 16.1 Å². The maximum atomic E-state index is 11.9. The predicted octanol–water partition coefficient (Wildman–Crippen LogP) is 5.02. The lowest BCUT2D eigenvalue weighted by Gasteiger charge is -2.06. The first-order chi connectivity index (χ1) is 13.5. The molecule has 142 valence electrons. The van der Waals surface area contributed by atoms with E-state index in [0.29, 0.717) is 10.8 Å². The SMILES string of the molecule is COC(=O)c1cc(-n2nc(-c3ccccc3C)c3c(Br)cnc(OC)c32)cs1. The lowest BCUT2D eigenvalue weighted by molar-refractivity contribution is 0.0606. The largest absolute Gasteiger partial charge is 0.479 e. The Kier molecular flexibility index (Phi) is 4.91. The lowest BCUT2D eigenvalue weighted by atomic mass is 10.0. The predicted molar refractivity (Wildman–Crippen MR) is 113 cm³/mol. The summed E-state index contributed by atoms with van der Waals surface area (Å²) in [6, 6.07) is 9.82. The molecule has 0 unspecified atom stereocenters. The number of aromatic nitrogens is 3. The molecule has 0 bridgehead atoms. The Hall–Kier alpha value is -2.71. The van der Waals surface area contributed by atoms with Gasteiger partial charge >= 0.3 is 5.97 Å². The standard InChI is InChI=1S/C20H16BrN3O3S/c1-11-6-4-5-7-13(11)17-16-14(21)9-22-19(26-2)18(16)24(23-17)12-8-15(28-10-12)20(25)27-3/h4-10H,1-3H3. The van der Waals surface area contributed by atoms with E-state index in [9.17, 15) is 4.79 Å². The summed E-state index contributed by atoms with van der Waals surface area (Å²) < 4.78 is 12.9. The number of nitrogens with zero attached hydrogens (tertiary/aromatic N) is 3. The second kappa shape index (κ2) is 7.37. The number of carbonyl (C=O) groups is 1. The topological polar surface area (TPSA) is 66.2 Å². The molecule has 28 heavy (non-hydrogen) atoms. The molecule has 1 aromatic carbocycles. The normalized spacial score (nSPS) is 11.0. The highest BCUT2D eigenvalue weighted by atomic mass is 79.9. The Morgan fingerprint density at radius 1 is 1.25 bits per heavy atom. The van der Waals surface area contributed by atoms with Crippen molar-refractivity contribution in [1.29, 1.82) is 0 Å². The summed E-state index contributed by atoms with van der Waals surface area (Å²) in [5.41, 5.74) is 4.41. The fourth-order valence-electron chi connectivity index (χ4n) is 3.09. The molecule has 0 aliphatic carbocycles. The molecule has 0 fully saturated rings. The van der Waals surface area contributed by atoms with Crippen molar-refractivity contribution in [1.82, 2.24) is 14.8 Å². The molecule has 3 aromatic heterocycles. The molecule has 8 heteroatoms. The Labute approximate surface area is 173 Å². The maximum Gasteiger partial charge on any atom is 0.348 e. The molecule has 0 saturated carbocycles. The van der Waals surface area contributed by atoms with Crippen LogP contribution in [0, 0.1) is 6.92 Å². The van der Waals surface area contributed by atoms with E-state index in [4.69, 9.17) is 14.6 Å².